The van der Waals surface area contributed by atoms with Crippen LogP contribution in [0.1, 0.15) is 15.6 Å². The molecule has 0 aromatic carbocycles. The van der Waals surface area contributed by atoms with Crippen LogP contribution in [0.5, 0.6) is 0 Å². The van der Waals surface area contributed by atoms with E-state index in [-0.39, 0.29) is 0 Å². The zero-order valence-corrected chi connectivity index (χ0v) is 8.67. The summed E-state index contributed by atoms with van der Waals surface area (Å²) in [6.45, 7) is 4.95. The molecule has 0 radical (unpaired) electrons. The van der Waals surface area contributed by atoms with Gasteiger partial charge in [0.25, 0.3) is 0 Å². The van der Waals surface area contributed by atoms with Gasteiger partial charge in [0.15, 0.2) is 0 Å². The van der Waals surface area contributed by atoms with E-state index in [1.807, 2.05) is 13.8 Å². The van der Waals surface area contributed by atoms with Crippen molar-refractivity contribution in [3.63, 3.8) is 0 Å². The summed E-state index contributed by atoms with van der Waals surface area (Å²) >= 11 is 1.61. The zero-order chi connectivity index (χ0) is 9.47. The summed E-state index contributed by atoms with van der Waals surface area (Å²) in [5.74, 6) is 0. The molecule has 1 aliphatic rings. The van der Waals surface area contributed by atoms with Gasteiger partial charge in [-0.2, -0.15) is 0 Å². The van der Waals surface area contributed by atoms with E-state index < -0.39 is 5.67 Å². The Morgan fingerprint density at radius 3 is 2.62 bits per heavy atom. The molecule has 0 aliphatic carbocycles. The number of thiazole rings is 1. The van der Waals surface area contributed by atoms with Crippen molar-refractivity contribution in [2.75, 3.05) is 13.1 Å². The average Bonchev–Trinajstić information content (AvgIpc) is 2.28. The number of rotatable bonds is 2. The molecule has 1 fully saturated rings. The molecule has 1 aromatic heterocycles. The summed E-state index contributed by atoms with van der Waals surface area (Å²) in [6, 6.07) is 0. The zero-order valence-electron chi connectivity index (χ0n) is 7.85. The molecule has 0 atom stereocenters. The van der Waals surface area contributed by atoms with Gasteiger partial charge in [-0.15, -0.1) is 11.3 Å². The molecule has 1 N–H and O–H groups in total. The van der Waals surface area contributed by atoms with E-state index in [0.717, 1.165) is 10.7 Å². The molecule has 2 heterocycles. The Morgan fingerprint density at radius 1 is 1.54 bits per heavy atom. The van der Waals surface area contributed by atoms with E-state index in [0.29, 0.717) is 19.5 Å². The highest BCUT2D eigenvalue weighted by Crippen LogP contribution is 2.26. The lowest BCUT2D eigenvalue weighted by Gasteiger charge is -2.34. The highest BCUT2D eigenvalue weighted by atomic mass is 32.1. The van der Waals surface area contributed by atoms with Crippen LogP contribution in [0.15, 0.2) is 0 Å². The van der Waals surface area contributed by atoms with Crippen molar-refractivity contribution in [1.29, 1.82) is 0 Å². The minimum absolute atomic E-state index is 0.472. The van der Waals surface area contributed by atoms with Gasteiger partial charge in [-0.25, -0.2) is 9.37 Å². The summed E-state index contributed by atoms with van der Waals surface area (Å²) < 4.78 is 13.6. The number of nitrogens with zero attached hydrogens (tertiary/aromatic N) is 1. The molecule has 0 bridgehead atoms. The van der Waals surface area contributed by atoms with E-state index in [1.54, 1.807) is 11.3 Å². The topological polar surface area (TPSA) is 24.9 Å². The molecular weight excluding hydrogens is 187 g/mol. The van der Waals surface area contributed by atoms with Gasteiger partial charge in [0.1, 0.15) is 5.67 Å². The second-order valence-corrected chi connectivity index (χ2v) is 4.97. The third-order valence-electron chi connectivity index (χ3n) is 2.42. The fourth-order valence-electron chi connectivity index (χ4n) is 1.41. The second-order valence-electron chi connectivity index (χ2n) is 3.68. The van der Waals surface area contributed by atoms with Gasteiger partial charge in [0, 0.05) is 24.4 Å². The number of aromatic nitrogens is 1. The molecule has 4 heteroatoms. The lowest BCUT2D eigenvalue weighted by Crippen LogP contribution is -2.57. The van der Waals surface area contributed by atoms with Crippen molar-refractivity contribution in [2.45, 2.75) is 25.9 Å². The van der Waals surface area contributed by atoms with Gasteiger partial charge < -0.3 is 5.32 Å². The average molecular weight is 200 g/mol. The van der Waals surface area contributed by atoms with E-state index >= 15 is 0 Å². The maximum atomic E-state index is 13.6. The summed E-state index contributed by atoms with van der Waals surface area (Å²) in [5.41, 5.74) is 0.00684. The largest absolute Gasteiger partial charge is 0.310 e. The summed E-state index contributed by atoms with van der Waals surface area (Å²) in [6.07, 6.45) is 0.472. The Hall–Kier alpha value is -0.480. The minimum atomic E-state index is -1.03. The van der Waals surface area contributed by atoms with Crippen LogP contribution in [0.3, 0.4) is 0 Å². The van der Waals surface area contributed by atoms with Crippen molar-refractivity contribution < 1.29 is 4.39 Å². The van der Waals surface area contributed by atoms with Crippen LogP contribution in [0, 0.1) is 13.8 Å². The Balaban J connectivity index is 2.09. The third-order valence-corrected chi connectivity index (χ3v) is 3.50. The molecule has 72 valence electrons. The van der Waals surface area contributed by atoms with Crippen molar-refractivity contribution in [3.8, 4) is 0 Å². The number of halogens is 1. The quantitative estimate of drug-likeness (QED) is 0.784. The van der Waals surface area contributed by atoms with E-state index in [4.69, 9.17) is 0 Å². The number of hydrogen-bond donors (Lipinski definition) is 1. The van der Waals surface area contributed by atoms with Crippen LogP contribution in [0.4, 0.5) is 4.39 Å². The Labute approximate surface area is 81.2 Å². The highest BCUT2D eigenvalue weighted by Gasteiger charge is 2.37. The SMILES string of the molecule is Cc1nc(CC2(F)CNC2)sc1C. The van der Waals surface area contributed by atoms with Crippen LogP contribution in [0.2, 0.25) is 0 Å². The first-order chi connectivity index (χ1) is 6.09. The number of alkyl halides is 1. The summed E-state index contributed by atoms with van der Waals surface area (Å²) in [5, 5.41) is 3.87. The third kappa shape index (κ3) is 1.74. The van der Waals surface area contributed by atoms with Gasteiger partial charge in [-0.05, 0) is 13.8 Å². The molecular formula is C9H13FN2S. The lowest BCUT2D eigenvalue weighted by atomic mass is 9.96. The Kier molecular flexibility index (Phi) is 2.12. The Bertz CT molecular complexity index is 298. The van der Waals surface area contributed by atoms with Crippen molar-refractivity contribution in [2.24, 2.45) is 0 Å². The molecule has 1 aromatic rings. The summed E-state index contributed by atoms with van der Waals surface area (Å²) in [4.78, 5) is 5.53. The Morgan fingerprint density at radius 2 is 2.23 bits per heavy atom. The van der Waals surface area contributed by atoms with Gasteiger partial charge in [0.2, 0.25) is 0 Å². The van der Waals surface area contributed by atoms with E-state index in [2.05, 4.69) is 10.3 Å². The molecule has 0 spiro atoms. The fraction of sp³-hybridized carbons (Fsp3) is 0.667. The maximum Gasteiger partial charge on any atom is 0.142 e. The molecule has 0 unspecified atom stereocenters. The van der Waals surface area contributed by atoms with Crippen LogP contribution in [0.25, 0.3) is 0 Å². The predicted molar refractivity (Wildman–Crippen MR) is 52.0 cm³/mol. The number of aryl methyl sites for hydroxylation is 2. The van der Waals surface area contributed by atoms with Crippen LogP contribution < -0.4 is 5.32 Å². The van der Waals surface area contributed by atoms with E-state index in [9.17, 15) is 4.39 Å². The monoisotopic (exact) mass is 200 g/mol. The van der Waals surface area contributed by atoms with Gasteiger partial charge in [0.05, 0.1) is 10.7 Å². The molecule has 1 aliphatic heterocycles. The maximum absolute atomic E-state index is 13.6. The first-order valence-electron chi connectivity index (χ1n) is 4.42. The standard InChI is InChI=1S/C9H13FN2S/c1-6-7(2)13-8(12-6)3-9(10)4-11-5-9/h11H,3-5H2,1-2H3. The number of nitrogens with one attached hydrogen (secondary N) is 1. The van der Waals surface area contributed by atoms with Gasteiger partial charge >= 0.3 is 0 Å². The van der Waals surface area contributed by atoms with E-state index in [1.165, 1.54) is 4.88 Å². The van der Waals surface area contributed by atoms with Crippen LogP contribution in [-0.2, 0) is 6.42 Å². The van der Waals surface area contributed by atoms with Gasteiger partial charge in [-0.3, -0.25) is 0 Å². The molecule has 1 saturated heterocycles. The fourth-order valence-corrected chi connectivity index (χ4v) is 2.47. The molecule has 2 nitrogen and oxygen atoms in total. The smallest absolute Gasteiger partial charge is 0.142 e. The van der Waals surface area contributed by atoms with Crippen molar-refractivity contribution in [3.05, 3.63) is 15.6 Å². The summed E-state index contributed by atoms with van der Waals surface area (Å²) in [7, 11) is 0. The highest BCUT2D eigenvalue weighted by molar-refractivity contribution is 7.11. The van der Waals surface area contributed by atoms with Crippen molar-refractivity contribution in [1.82, 2.24) is 10.3 Å². The van der Waals surface area contributed by atoms with Crippen LogP contribution in [-0.4, -0.2) is 23.7 Å². The molecule has 0 saturated carbocycles. The predicted octanol–water partition coefficient (Wildman–Crippen LogP) is 1.61. The molecule has 13 heavy (non-hydrogen) atoms. The second kappa shape index (κ2) is 3.03. The molecule has 0 amide bonds. The lowest BCUT2D eigenvalue weighted by molar-refractivity contribution is 0.0911. The first-order valence-corrected chi connectivity index (χ1v) is 5.23. The first kappa shape index (κ1) is 9.09. The molecule has 2 rings (SSSR count). The van der Waals surface area contributed by atoms with Gasteiger partial charge in [-0.1, -0.05) is 0 Å². The number of hydrogen-bond acceptors (Lipinski definition) is 3. The normalized spacial score (nSPS) is 19.9. The minimum Gasteiger partial charge on any atom is -0.310 e. The van der Waals surface area contributed by atoms with Crippen LogP contribution >= 0.6 is 11.3 Å². The van der Waals surface area contributed by atoms with Crippen molar-refractivity contribution >= 4 is 11.3 Å².